The topological polar surface area (TPSA) is 44.8 Å². The van der Waals surface area contributed by atoms with Gasteiger partial charge in [-0.05, 0) is 47.1 Å². The van der Waals surface area contributed by atoms with Crippen molar-refractivity contribution in [2.75, 3.05) is 14.2 Å². The van der Waals surface area contributed by atoms with E-state index < -0.39 is 0 Å². The van der Waals surface area contributed by atoms with Crippen LogP contribution in [0, 0.1) is 0 Å². The average Bonchev–Trinajstić information content (AvgIpc) is 2.53. The van der Waals surface area contributed by atoms with Gasteiger partial charge in [-0.25, -0.2) is 0 Å². The summed E-state index contributed by atoms with van der Waals surface area (Å²) in [6, 6.07) is 10.8. The first-order valence-corrected chi connectivity index (χ1v) is 7.48. The predicted molar refractivity (Wildman–Crippen MR) is 88.0 cm³/mol. The first-order valence-electron chi connectivity index (χ1n) is 6.69. The Morgan fingerprint density at radius 1 is 1.09 bits per heavy atom. The van der Waals surface area contributed by atoms with Crippen LogP contribution in [0.3, 0.4) is 0 Å². The van der Waals surface area contributed by atoms with E-state index in [0.717, 1.165) is 10.0 Å². The molecule has 0 unspecified atom stereocenters. The average molecular weight is 365 g/mol. The van der Waals surface area contributed by atoms with Gasteiger partial charge >= 0.3 is 0 Å². The van der Waals surface area contributed by atoms with Crippen molar-refractivity contribution in [3.63, 3.8) is 0 Å². The first kappa shape index (κ1) is 16.4. The van der Waals surface area contributed by atoms with Crippen LogP contribution < -0.4 is 14.2 Å². The van der Waals surface area contributed by atoms with Crippen LogP contribution in [-0.4, -0.2) is 20.0 Å². The van der Waals surface area contributed by atoms with Gasteiger partial charge in [0.15, 0.2) is 5.78 Å². The van der Waals surface area contributed by atoms with E-state index in [9.17, 15) is 4.79 Å². The van der Waals surface area contributed by atoms with E-state index >= 15 is 0 Å². The Kier molecular flexibility index (Phi) is 5.44. The first-order chi connectivity index (χ1) is 10.5. The summed E-state index contributed by atoms with van der Waals surface area (Å²) in [4.78, 5) is 11.4. The van der Waals surface area contributed by atoms with Crippen molar-refractivity contribution in [3.8, 4) is 17.2 Å². The normalized spacial score (nSPS) is 10.2. The molecule has 0 N–H and O–H groups in total. The smallest absolute Gasteiger partial charge is 0.159 e. The van der Waals surface area contributed by atoms with Crippen LogP contribution in [0.25, 0.3) is 0 Å². The second-order valence-electron chi connectivity index (χ2n) is 4.67. The van der Waals surface area contributed by atoms with Crippen molar-refractivity contribution >= 4 is 21.7 Å². The number of Topliss-reactive ketones (excluding diaryl/α,β-unsaturated/α-hetero) is 1. The summed E-state index contributed by atoms with van der Waals surface area (Å²) in [5.41, 5.74) is 1.48. The molecule has 0 fully saturated rings. The van der Waals surface area contributed by atoms with E-state index in [1.165, 1.54) is 6.92 Å². The molecule has 2 rings (SSSR count). The Hall–Kier alpha value is -2.01. The molecule has 0 saturated heterocycles. The largest absolute Gasteiger partial charge is 0.496 e. The van der Waals surface area contributed by atoms with Crippen molar-refractivity contribution in [1.82, 2.24) is 0 Å². The molecular weight excluding hydrogens is 348 g/mol. The summed E-state index contributed by atoms with van der Waals surface area (Å²) in [6.45, 7) is 1.84. The molecule has 2 aromatic carbocycles. The molecule has 0 aromatic heterocycles. The van der Waals surface area contributed by atoms with Crippen LogP contribution in [0.1, 0.15) is 22.8 Å². The number of halogens is 1. The monoisotopic (exact) mass is 364 g/mol. The van der Waals surface area contributed by atoms with Gasteiger partial charge in [0.25, 0.3) is 0 Å². The molecule has 0 spiro atoms. The Morgan fingerprint density at radius 2 is 1.82 bits per heavy atom. The SMILES string of the molecule is COc1cc(COc2cccc(C(C)=O)c2)c(OC)cc1Br. The molecule has 4 nitrogen and oxygen atoms in total. The quantitative estimate of drug-likeness (QED) is 0.718. The van der Waals surface area contributed by atoms with E-state index in [0.29, 0.717) is 29.4 Å². The lowest BCUT2D eigenvalue weighted by Crippen LogP contribution is -2.01. The number of benzene rings is 2. The zero-order valence-electron chi connectivity index (χ0n) is 12.7. The van der Waals surface area contributed by atoms with Gasteiger partial charge in [0, 0.05) is 11.1 Å². The van der Waals surface area contributed by atoms with Gasteiger partial charge in [0.2, 0.25) is 0 Å². The lowest BCUT2D eigenvalue weighted by Gasteiger charge is -2.13. The van der Waals surface area contributed by atoms with Crippen molar-refractivity contribution in [3.05, 3.63) is 52.0 Å². The number of rotatable bonds is 6. The molecule has 2 aromatic rings. The van der Waals surface area contributed by atoms with E-state index in [1.54, 1.807) is 32.4 Å². The molecule has 0 amide bonds. The summed E-state index contributed by atoms with van der Waals surface area (Å²) in [5.74, 6) is 2.05. The summed E-state index contributed by atoms with van der Waals surface area (Å²) in [7, 11) is 3.21. The molecule has 0 atom stereocenters. The number of ketones is 1. The molecule has 0 aliphatic heterocycles. The number of methoxy groups -OCH3 is 2. The van der Waals surface area contributed by atoms with Crippen molar-refractivity contribution in [1.29, 1.82) is 0 Å². The minimum Gasteiger partial charge on any atom is -0.496 e. The fraction of sp³-hybridized carbons (Fsp3) is 0.235. The fourth-order valence-corrected chi connectivity index (χ4v) is 2.49. The Bertz CT molecular complexity index is 682. The summed E-state index contributed by atoms with van der Waals surface area (Å²) in [6.07, 6.45) is 0. The zero-order valence-corrected chi connectivity index (χ0v) is 14.3. The van der Waals surface area contributed by atoms with E-state index in [2.05, 4.69) is 15.9 Å². The van der Waals surface area contributed by atoms with Crippen LogP contribution in [0.2, 0.25) is 0 Å². The Labute approximate surface area is 138 Å². The van der Waals surface area contributed by atoms with Gasteiger partial charge in [-0.2, -0.15) is 0 Å². The van der Waals surface area contributed by atoms with Crippen molar-refractivity contribution in [2.45, 2.75) is 13.5 Å². The fourth-order valence-electron chi connectivity index (χ4n) is 2.00. The van der Waals surface area contributed by atoms with Crippen LogP contribution in [0.5, 0.6) is 17.2 Å². The third kappa shape index (κ3) is 3.80. The molecule has 0 heterocycles. The van der Waals surface area contributed by atoms with E-state index in [1.807, 2.05) is 18.2 Å². The lowest BCUT2D eigenvalue weighted by atomic mass is 10.1. The Morgan fingerprint density at radius 3 is 2.45 bits per heavy atom. The van der Waals surface area contributed by atoms with Gasteiger partial charge in [-0.15, -0.1) is 0 Å². The van der Waals surface area contributed by atoms with Gasteiger partial charge < -0.3 is 14.2 Å². The molecule has 0 bridgehead atoms. The third-order valence-corrected chi connectivity index (χ3v) is 3.81. The van der Waals surface area contributed by atoms with Crippen LogP contribution in [0.4, 0.5) is 0 Å². The lowest BCUT2D eigenvalue weighted by molar-refractivity contribution is 0.101. The molecule has 5 heteroatoms. The maximum atomic E-state index is 11.4. The molecule has 0 radical (unpaired) electrons. The van der Waals surface area contributed by atoms with Crippen LogP contribution >= 0.6 is 15.9 Å². The van der Waals surface area contributed by atoms with Gasteiger partial charge in [-0.3, -0.25) is 4.79 Å². The van der Waals surface area contributed by atoms with E-state index in [4.69, 9.17) is 14.2 Å². The molecule has 116 valence electrons. The highest BCUT2D eigenvalue weighted by Crippen LogP contribution is 2.33. The van der Waals surface area contributed by atoms with E-state index in [-0.39, 0.29) is 5.78 Å². The minimum atomic E-state index is 0.00772. The second kappa shape index (κ2) is 7.31. The van der Waals surface area contributed by atoms with Gasteiger partial charge in [0.1, 0.15) is 23.9 Å². The third-order valence-electron chi connectivity index (χ3n) is 3.19. The maximum absolute atomic E-state index is 11.4. The molecule has 0 saturated carbocycles. The Balaban J connectivity index is 2.20. The number of ether oxygens (including phenoxy) is 3. The highest BCUT2D eigenvalue weighted by atomic mass is 79.9. The molecule has 22 heavy (non-hydrogen) atoms. The van der Waals surface area contributed by atoms with Gasteiger partial charge in [-0.1, -0.05) is 12.1 Å². The molecule has 0 aliphatic rings. The summed E-state index contributed by atoms with van der Waals surface area (Å²) < 4.78 is 17.2. The predicted octanol–water partition coefficient (Wildman–Crippen LogP) is 4.25. The minimum absolute atomic E-state index is 0.00772. The van der Waals surface area contributed by atoms with Crippen LogP contribution in [-0.2, 0) is 6.61 Å². The number of hydrogen-bond acceptors (Lipinski definition) is 4. The van der Waals surface area contributed by atoms with Crippen molar-refractivity contribution < 1.29 is 19.0 Å². The maximum Gasteiger partial charge on any atom is 0.159 e. The number of carbonyl (C=O) groups excluding carboxylic acids is 1. The summed E-state index contributed by atoms with van der Waals surface area (Å²) >= 11 is 3.42. The molecular formula is C17H17BrO4. The highest BCUT2D eigenvalue weighted by Gasteiger charge is 2.10. The zero-order chi connectivity index (χ0) is 16.1. The standard InChI is InChI=1S/C17H17BrO4/c1-11(19)12-5-4-6-14(7-12)22-10-13-8-17(21-3)15(18)9-16(13)20-2/h4-9H,10H2,1-3H3. The number of carbonyl (C=O) groups is 1. The number of hydrogen-bond donors (Lipinski definition) is 0. The van der Waals surface area contributed by atoms with Gasteiger partial charge in [0.05, 0.1) is 18.7 Å². The van der Waals surface area contributed by atoms with Crippen molar-refractivity contribution in [2.24, 2.45) is 0 Å². The van der Waals surface area contributed by atoms with Crippen LogP contribution in [0.15, 0.2) is 40.9 Å². The second-order valence-corrected chi connectivity index (χ2v) is 5.53. The molecule has 0 aliphatic carbocycles. The highest BCUT2D eigenvalue weighted by molar-refractivity contribution is 9.10. The summed E-state index contributed by atoms with van der Waals surface area (Å²) in [5, 5.41) is 0.